The molecular weight excluding hydrogens is 753 g/mol. The van der Waals surface area contributed by atoms with Crippen molar-refractivity contribution in [2.45, 2.75) is 101 Å². The highest BCUT2D eigenvalue weighted by molar-refractivity contribution is 7.91. The molecular formula is C46H52N4O7S. The second-order valence-corrected chi connectivity index (χ2v) is 19.1. The highest BCUT2D eigenvalue weighted by Crippen LogP contribution is 2.57. The summed E-state index contributed by atoms with van der Waals surface area (Å²) in [5.41, 5.74) is 2.94. The summed E-state index contributed by atoms with van der Waals surface area (Å²) < 4.78 is 40.3. The van der Waals surface area contributed by atoms with Crippen molar-refractivity contribution in [1.82, 2.24) is 14.6 Å². The molecule has 3 heterocycles. The van der Waals surface area contributed by atoms with Crippen molar-refractivity contribution in [3.63, 3.8) is 0 Å². The van der Waals surface area contributed by atoms with Crippen LogP contribution in [-0.4, -0.2) is 72.5 Å². The van der Waals surface area contributed by atoms with Gasteiger partial charge in [-0.1, -0.05) is 67.5 Å². The Balaban J connectivity index is 1.14. The van der Waals surface area contributed by atoms with Crippen molar-refractivity contribution in [2.75, 3.05) is 19.0 Å². The van der Waals surface area contributed by atoms with Crippen LogP contribution in [0.4, 0.5) is 5.69 Å². The van der Waals surface area contributed by atoms with E-state index < -0.39 is 44.3 Å². The zero-order chi connectivity index (χ0) is 40.7. The van der Waals surface area contributed by atoms with Gasteiger partial charge < -0.3 is 19.7 Å². The third-order valence-electron chi connectivity index (χ3n) is 12.6. The lowest BCUT2D eigenvalue weighted by atomic mass is 9.91. The summed E-state index contributed by atoms with van der Waals surface area (Å²) in [7, 11) is -2.32. The van der Waals surface area contributed by atoms with Crippen LogP contribution in [0, 0.1) is 18.3 Å². The lowest BCUT2D eigenvalue weighted by Crippen LogP contribution is -2.49. The monoisotopic (exact) mass is 804 g/mol. The molecule has 2 aliphatic carbocycles. The van der Waals surface area contributed by atoms with Gasteiger partial charge in [0, 0.05) is 41.6 Å². The van der Waals surface area contributed by atoms with Gasteiger partial charge in [-0.3, -0.25) is 19.1 Å². The number of methoxy groups -OCH3 is 1. The lowest BCUT2D eigenvalue weighted by molar-refractivity contribution is -0.139. The molecule has 1 saturated heterocycles. The van der Waals surface area contributed by atoms with Gasteiger partial charge in [-0.05, 0) is 88.1 Å². The van der Waals surface area contributed by atoms with Crippen molar-refractivity contribution in [3.05, 3.63) is 96.6 Å². The zero-order valence-corrected chi connectivity index (χ0v) is 34.2. The average Bonchev–Trinajstić information content (AvgIpc) is 4.09. The van der Waals surface area contributed by atoms with Gasteiger partial charge in [-0.25, -0.2) is 13.4 Å². The van der Waals surface area contributed by atoms with Crippen molar-refractivity contribution in [3.8, 4) is 22.8 Å². The van der Waals surface area contributed by atoms with E-state index in [-0.39, 0.29) is 37.0 Å². The molecule has 2 saturated carbocycles. The van der Waals surface area contributed by atoms with E-state index in [1.54, 1.807) is 18.9 Å². The molecule has 0 spiro atoms. The normalized spacial score (nSPS) is 26.4. The van der Waals surface area contributed by atoms with Crippen molar-refractivity contribution in [2.24, 2.45) is 11.3 Å². The molecule has 4 aliphatic rings. The maximum Gasteiger partial charge on any atom is 0.245 e. The number of hydrogen-bond donors (Lipinski definition) is 2. The summed E-state index contributed by atoms with van der Waals surface area (Å²) in [4.78, 5) is 50.3. The number of pyridine rings is 1. The van der Waals surface area contributed by atoms with Crippen LogP contribution < -0.4 is 19.5 Å². The Kier molecular flexibility index (Phi) is 10.8. The number of nitrogens with zero attached hydrogens (tertiary/aromatic N) is 2. The largest absolute Gasteiger partial charge is 0.497 e. The average molecular weight is 805 g/mol. The molecule has 2 N–H and O–H groups in total. The number of carbonyl (C=O) groups excluding carboxylic acids is 3. The van der Waals surface area contributed by atoms with E-state index in [1.165, 1.54) is 0 Å². The first-order valence-electron chi connectivity index (χ1n) is 20.5. The highest BCUT2D eigenvalue weighted by Gasteiger charge is 2.62. The predicted octanol–water partition coefficient (Wildman–Crippen LogP) is 7.53. The van der Waals surface area contributed by atoms with Crippen LogP contribution in [0.25, 0.3) is 22.2 Å². The van der Waals surface area contributed by atoms with Gasteiger partial charge in [0.15, 0.2) is 5.78 Å². The Hall–Kier alpha value is -5.23. The van der Waals surface area contributed by atoms with E-state index in [0.29, 0.717) is 48.4 Å². The number of aromatic nitrogens is 1. The van der Waals surface area contributed by atoms with Crippen molar-refractivity contribution < 1.29 is 32.3 Å². The number of aryl methyl sites for hydroxylation is 1. The molecule has 0 radical (unpaired) electrons. The van der Waals surface area contributed by atoms with E-state index in [2.05, 4.69) is 16.1 Å². The molecule has 58 heavy (non-hydrogen) atoms. The van der Waals surface area contributed by atoms with Crippen molar-refractivity contribution >= 4 is 44.2 Å². The molecule has 11 nitrogen and oxygen atoms in total. The molecule has 3 fully saturated rings. The molecule has 2 aliphatic heterocycles. The van der Waals surface area contributed by atoms with Gasteiger partial charge in [0.2, 0.25) is 21.8 Å². The number of ether oxygens (including phenoxy) is 2. The Morgan fingerprint density at radius 1 is 0.966 bits per heavy atom. The zero-order valence-electron chi connectivity index (χ0n) is 33.4. The smallest absolute Gasteiger partial charge is 0.245 e. The minimum absolute atomic E-state index is 0.150. The molecule has 0 unspecified atom stereocenters. The van der Waals surface area contributed by atoms with Gasteiger partial charge in [0.05, 0.1) is 41.1 Å². The fourth-order valence-corrected chi connectivity index (χ4v) is 9.89. The summed E-state index contributed by atoms with van der Waals surface area (Å²) in [5.74, 6) is -0.189. The molecule has 4 aromatic rings. The SMILES string of the molecule is COc1ccc2c(O[C@@H]3C[C@H]4C(=O)C[C@]5(C(=O)NS(=O)(=O)C6(C)CC6)C[C@H]5/C=C\CCCCC[C@H](Nc5cccc(C)c5)C(=O)N4C3)cc(-c3ccccc3)nc2c1. The maximum absolute atomic E-state index is 14.9. The summed E-state index contributed by atoms with van der Waals surface area (Å²) >= 11 is 0. The van der Waals surface area contributed by atoms with Crippen LogP contribution >= 0.6 is 0 Å². The highest BCUT2D eigenvalue weighted by atomic mass is 32.2. The number of anilines is 1. The first-order chi connectivity index (χ1) is 27.9. The minimum atomic E-state index is -3.93. The topological polar surface area (TPSA) is 144 Å². The predicted molar refractivity (Wildman–Crippen MR) is 224 cm³/mol. The Bertz CT molecular complexity index is 2360. The second kappa shape index (κ2) is 15.8. The number of amides is 2. The number of hydrogen-bond acceptors (Lipinski definition) is 9. The number of benzene rings is 3. The molecule has 3 aromatic carbocycles. The number of rotatable bonds is 9. The number of Topliss-reactive ketones (excluding diaryl/α,β-unsaturated/α-hetero) is 1. The maximum atomic E-state index is 14.9. The van der Waals surface area contributed by atoms with Gasteiger partial charge in [0.1, 0.15) is 23.6 Å². The van der Waals surface area contributed by atoms with E-state index in [9.17, 15) is 22.8 Å². The van der Waals surface area contributed by atoms with Gasteiger partial charge in [-0.2, -0.15) is 0 Å². The molecule has 2 amide bonds. The van der Waals surface area contributed by atoms with E-state index in [0.717, 1.165) is 47.9 Å². The number of fused-ring (bicyclic) bond motifs is 3. The van der Waals surface area contributed by atoms with E-state index >= 15 is 0 Å². The molecule has 304 valence electrons. The quantitative estimate of drug-likeness (QED) is 0.164. The van der Waals surface area contributed by atoms with Gasteiger partial charge in [0.25, 0.3) is 0 Å². The lowest BCUT2D eigenvalue weighted by Gasteiger charge is -2.30. The number of carbonyl (C=O) groups is 3. The third kappa shape index (κ3) is 8.08. The Morgan fingerprint density at radius 3 is 2.53 bits per heavy atom. The number of allylic oxidation sites excluding steroid dienone is 2. The molecule has 5 atom stereocenters. The van der Waals surface area contributed by atoms with E-state index in [1.807, 2.05) is 91.9 Å². The summed E-state index contributed by atoms with van der Waals surface area (Å²) in [6.45, 7) is 3.79. The Labute approximate surface area is 340 Å². The van der Waals surface area contributed by atoms with Crippen molar-refractivity contribution in [1.29, 1.82) is 0 Å². The third-order valence-corrected chi connectivity index (χ3v) is 14.7. The van der Waals surface area contributed by atoms with Crippen LogP contribution in [0.1, 0.15) is 76.7 Å². The van der Waals surface area contributed by atoms with Gasteiger partial charge in [-0.15, -0.1) is 0 Å². The van der Waals surface area contributed by atoms with Crippen LogP contribution in [0.2, 0.25) is 0 Å². The molecule has 12 heteroatoms. The summed E-state index contributed by atoms with van der Waals surface area (Å²) in [6.07, 6.45) is 8.78. The van der Waals surface area contributed by atoms with Crippen LogP contribution in [0.5, 0.6) is 11.5 Å². The van der Waals surface area contributed by atoms with Crippen LogP contribution in [0.15, 0.2) is 91.0 Å². The Morgan fingerprint density at radius 2 is 1.78 bits per heavy atom. The fraction of sp³-hybridized carbons (Fsp3) is 0.435. The van der Waals surface area contributed by atoms with Crippen LogP contribution in [0.3, 0.4) is 0 Å². The molecule has 1 aromatic heterocycles. The standard InChI is InChI=1S/C46H52N4O7S/c1-30-13-12-17-33(23-30)47-37-18-11-6-4-5-10-16-32-27-46(32,44(53)49-58(54,55)45(2)21-22-45)28-41(51)40-25-35(29-50(40)43(37)52)57-42-26-38(31-14-8-7-9-15-31)48-39-24-34(56-3)19-20-36(39)42/h7-10,12-17,19-20,23-24,26,32,35,37,40,47H,4-6,11,18,21-22,25,27-29H2,1-3H3,(H,49,53)/b16-10-/t32-,35-,37+,40+,46-/m1/s1. The van der Waals surface area contributed by atoms with Gasteiger partial charge >= 0.3 is 0 Å². The first-order valence-corrected chi connectivity index (χ1v) is 22.0. The first kappa shape index (κ1) is 39.6. The molecule has 8 rings (SSSR count). The number of nitrogens with one attached hydrogen (secondary N) is 2. The molecule has 0 bridgehead atoms. The second-order valence-electron chi connectivity index (χ2n) is 16.9. The summed E-state index contributed by atoms with van der Waals surface area (Å²) in [6, 6.07) is 23.7. The summed E-state index contributed by atoms with van der Waals surface area (Å²) in [5, 5.41) is 4.26. The fourth-order valence-electron chi connectivity index (χ4n) is 8.56. The number of ketones is 1. The minimum Gasteiger partial charge on any atom is -0.497 e. The van der Waals surface area contributed by atoms with Crippen LogP contribution in [-0.2, 0) is 24.4 Å². The van der Waals surface area contributed by atoms with E-state index in [4.69, 9.17) is 14.5 Å². The number of sulfonamides is 1.